The van der Waals surface area contributed by atoms with Crippen LogP contribution < -0.4 is 5.32 Å². The molecule has 0 spiro atoms. The van der Waals surface area contributed by atoms with Crippen molar-refractivity contribution in [2.24, 2.45) is 0 Å². The van der Waals surface area contributed by atoms with Crippen LogP contribution in [0.5, 0.6) is 0 Å². The Kier molecular flexibility index (Phi) is 3.71. The topological polar surface area (TPSA) is 17.0 Å². The van der Waals surface area contributed by atoms with Gasteiger partial charge in [-0.25, -0.2) is 0 Å². The van der Waals surface area contributed by atoms with Gasteiger partial charge in [-0.15, -0.1) is 11.3 Å². The first-order valence-electron chi connectivity index (χ1n) is 6.03. The van der Waals surface area contributed by atoms with E-state index in [0.717, 1.165) is 12.2 Å². The van der Waals surface area contributed by atoms with Crippen molar-refractivity contribution in [2.75, 3.05) is 5.32 Å². The molecule has 0 aliphatic carbocycles. The molecule has 0 aliphatic heterocycles. The van der Waals surface area contributed by atoms with Crippen LogP contribution in [0.3, 0.4) is 0 Å². The molecule has 2 nitrogen and oxygen atoms in total. The fraction of sp³-hybridized carbons (Fsp3) is 0.0667. The van der Waals surface area contributed by atoms with Gasteiger partial charge in [-0.2, -0.15) is 0 Å². The molecule has 0 atom stereocenters. The van der Waals surface area contributed by atoms with E-state index in [2.05, 4.69) is 74.6 Å². The number of anilines is 1. The Balaban J connectivity index is 1.73. The lowest BCUT2D eigenvalue weighted by Crippen LogP contribution is -1.98. The van der Waals surface area contributed by atoms with E-state index in [9.17, 15) is 0 Å². The lowest BCUT2D eigenvalue weighted by Gasteiger charge is -2.08. The molecule has 2 heterocycles. The zero-order chi connectivity index (χ0) is 13.1. The molecule has 4 heteroatoms. The third-order valence-electron chi connectivity index (χ3n) is 2.84. The number of benzene rings is 1. The molecule has 0 saturated carbocycles. The smallest absolute Gasteiger partial charge is 0.0702 e. The summed E-state index contributed by atoms with van der Waals surface area (Å²) in [5, 5.41) is 3.45. The Bertz CT molecular complexity index is 658. The Morgan fingerprint density at radius 1 is 1.05 bits per heavy atom. The van der Waals surface area contributed by atoms with Crippen LogP contribution in [0.25, 0.3) is 5.69 Å². The number of hydrogen-bond acceptors (Lipinski definition) is 2. The van der Waals surface area contributed by atoms with Crippen molar-refractivity contribution in [3.05, 3.63) is 69.6 Å². The number of halogens is 1. The van der Waals surface area contributed by atoms with Crippen molar-refractivity contribution >= 4 is 33.0 Å². The Morgan fingerprint density at radius 3 is 2.63 bits per heavy atom. The summed E-state index contributed by atoms with van der Waals surface area (Å²) >= 11 is 5.24. The van der Waals surface area contributed by atoms with Gasteiger partial charge in [0.1, 0.15) is 0 Å². The van der Waals surface area contributed by atoms with Crippen molar-refractivity contribution in [1.82, 2.24) is 4.57 Å². The van der Waals surface area contributed by atoms with Crippen LogP contribution in [0, 0.1) is 0 Å². The van der Waals surface area contributed by atoms with E-state index in [1.807, 2.05) is 12.1 Å². The maximum absolute atomic E-state index is 3.48. The van der Waals surface area contributed by atoms with Gasteiger partial charge in [-0.05, 0) is 58.4 Å². The van der Waals surface area contributed by atoms with E-state index in [4.69, 9.17) is 0 Å². The summed E-state index contributed by atoms with van der Waals surface area (Å²) in [6, 6.07) is 16.7. The predicted molar refractivity (Wildman–Crippen MR) is 85.1 cm³/mol. The first-order valence-corrected chi connectivity index (χ1v) is 7.64. The standard InChI is InChI=1S/C15H13BrN2S/c16-15-7-6-14(19-15)11-17-12-4-3-5-13(10-12)18-8-1-2-9-18/h1-10,17H,11H2. The number of hydrogen-bond donors (Lipinski definition) is 1. The molecule has 0 aliphatic rings. The second-order valence-electron chi connectivity index (χ2n) is 4.20. The van der Waals surface area contributed by atoms with Gasteiger partial charge in [0.2, 0.25) is 0 Å². The van der Waals surface area contributed by atoms with Crippen LogP contribution in [-0.2, 0) is 6.54 Å². The van der Waals surface area contributed by atoms with Crippen molar-refractivity contribution in [3.63, 3.8) is 0 Å². The van der Waals surface area contributed by atoms with Gasteiger partial charge in [-0.3, -0.25) is 0 Å². The minimum Gasteiger partial charge on any atom is -0.380 e. The van der Waals surface area contributed by atoms with Crippen molar-refractivity contribution in [2.45, 2.75) is 6.54 Å². The Hall–Kier alpha value is -1.52. The van der Waals surface area contributed by atoms with Crippen LogP contribution in [0.15, 0.2) is 64.7 Å². The van der Waals surface area contributed by atoms with Crippen LogP contribution >= 0.6 is 27.3 Å². The van der Waals surface area contributed by atoms with Crippen molar-refractivity contribution in [3.8, 4) is 5.69 Å². The Labute approximate surface area is 124 Å². The maximum Gasteiger partial charge on any atom is 0.0702 e. The van der Waals surface area contributed by atoms with Crippen LogP contribution in [-0.4, -0.2) is 4.57 Å². The van der Waals surface area contributed by atoms with E-state index in [1.165, 1.54) is 14.4 Å². The minimum absolute atomic E-state index is 0.853. The van der Waals surface area contributed by atoms with Crippen LogP contribution in [0.2, 0.25) is 0 Å². The monoisotopic (exact) mass is 332 g/mol. The van der Waals surface area contributed by atoms with Crippen molar-refractivity contribution in [1.29, 1.82) is 0 Å². The maximum atomic E-state index is 3.48. The zero-order valence-corrected chi connectivity index (χ0v) is 12.6. The lowest BCUT2D eigenvalue weighted by molar-refractivity contribution is 1.08. The third kappa shape index (κ3) is 3.08. The summed E-state index contributed by atoms with van der Waals surface area (Å²) in [5.74, 6) is 0. The second kappa shape index (κ2) is 5.63. The molecule has 0 amide bonds. The molecular weight excluding hydrogens is 320 g/mol. The molecule has 2 aromatic heterocycles. The van der Waals surface area contributed by atoms with Crippen molar-refractivity contribution < 1.29 is 0 Å². The fourth-order valence-corrected chi connectivity index (χ4v) is 3.34. The number of nitrogens with one attached hydrogen (secondary N) is 1. The molecular formula is C15H13BrN2S. The molecule has 0 unspecified atom stereocenters. The van der Waals surface area contributed by atoms with Gasteiger partial charge in [0.25, 0.3) is 0 Å². The van der Waals surface area contributed by atoms with Gasteiger partial charge in [-0.1, -0.05) is 6.07 Å². The van der Waals surface area contributed by atoms with Crippen LogP contribution in [0.1, 0.15) is 4.88 Å². The quantitative estimate of drug-likeness (QED) is 0.718. The normalized spacial score (nSPS) is 10.6. The summed E-state index contributed by atoms with van der Waals surface area (Å²) in [6.45, 7) is 0.853. The average Bonchev–Trinajstić information content (AvgIpc) is 3.08. The highest BCUT2D eigenvalue weighted by Gasteiger charge is 2.00. The summed E-state index contributed by atoms with van der Waals surface area (Å²) in [4.78, 5) is 1.32. The van der Waals surface area contributed by atoms with Gasteiger partial charge < -0.3 is 9.88 Å². The summed E-state index contributed by atoms with van der Waals surface area (Å²) in [7, 11) is 0. The largest absolute Gasteiger partial charge is 0.380 e. The number of aromatic nitrogens is 1. The SMILES string of the molecule is Brc1ccc(CNc2cccc(-n3cccc3)c2)s1. The first-order chi connectivity index (χ1) is 9.31. The van der Waals surface area contributed by atoms with E-state index >= 15 is 0 Å². The van der Waals surface area contributed by atoms with Gasteiger partial charge in [0, 0.05) is 35.2 Å². The number of nitrogens with zero attached hydrogens (tertiary/aromatic N) is 1. The van der Waals surface area contributed by atoms with Gasteiger partial charge in [0.05, 0.1) is 3.79 Å². The van der Waals surface area contributed by atoms with Gasteiger partial charge in [0.15, 0.2) is 0 Å². The highest BCUT2D eigenvalue weighted by atomic mass is 79.9. The van der Waals surface area contributed by atoms with Gasteiger partial charge >= 0.3 is 0 Å². The molecule has 0 radical (unpaired) electrons. The molecule has 3 rings (SSSR count). The molecule has 0 bridgehead atoms. The predicted octanol–water partition coefficient (Wildman–Crippen LogP) is 4.91. The fourth-order valence-electron chi connectivity index (χ4n) is 1.92. The Morgan fingerprint density at radius 2 is 1.89 bits per heavy atom. The second-order valence-corrected chi connectivity index (χ2v) is 6.75. The molecule has 1 N–H and O–H groups in total. The van der Waals surface area contributed by atoms with E-state index < -0.39 is 0 Å². The molecule has 19 heavy (non-hydrogen) atoms. The average molecular weight is 333 g/mol. The number of rotatable bonds is 4. The molecule has 3 aromatic rings. The third-order valence-corrected chi connectivity index (χ3v) is 4.47. The van der Waals surface area contributed by atoms with Crippen LogP contribution in [0.4, 0.5) is 5.69 Å². The molecule has 0 fully saturated rings. The van der Waals surface area contributed by atoms with E-state index in [0.29, 0.717) is 0 Å². The van der Waals surface area contributed by atoms with E-state index in [-0.39, 0.29) is 0 Å². The van der Waals surface area contributed by atoms with E-state index in [1.54, 1.807) is 11.3 Å². The highest BCUT2D eigenvalue weighted by molar-refractivity contribution is 9.11. The summed E-state index contributed by atoms with van der Waals surface area (Å²) < 4.78 is 3.28. The first kappa shape index (κ1) is 12.5. The minimum atomic E-state index is 0.853. The number of thiophene rings is 1. The molecule has 1 aromatic carbocycles. The lowest BCUT2D eigenvalue weighted by atomic mass is 10.2. The molecule has 0 saturated heterocycles. The summed E-state index contributed by atoms with van der Waals surface area (Å²) in [6.07, 6.45) is 4.10. The highest BCUT2D eigenvalue weighted by Crippen LogP contribution is 2.23. The summed E-state index contributed by atoms with van der Waals surface area (Å²) in [5.41, 5.74) is 2.30. The zero-order valence-electron chi connectivity index (χ0n) is 10.2. The molecule has 96 valence electrons.